The first-order valence-corrected chi connectivity index (χ1v) is 5.13. The van der Waals surface area contributed by atoms with Crippen molar-refractivity contribution in [1.29, 1.82) is 0 Å². The number of amides is 1. The van der Waals surface area contributed by atoms with Gasteiger partial charge in [0, 0.05) is 5.57 Å². The van der Waals surface area contributed by atoms with Gasteiger partial charge in [-0.15, -0.1) is 0 Å². The first-order chi connectivity index (χ1) is 6.46. The maximum atomic E-state index is 11.9. The minimum atomic E-state index is -0.476. The van der Waals surface area contributed by atoms with E-state index in [1.54, 1.807) is 0 Å². The normalized spacial score (nSPS) is 36.6. The van der Waals surface area contributed by atoms with Gasteiger partial charge in [-0.05, 0) is 25.8 Å². The first kappa shape index (κ1) is 9.71. The zero-order valence-electron chi connectivity index (χ0n) is 9.20. The van der Waals surface area contributed by atoms with Crippen molar-refractivity contribution in [1.82, 2.24) is 4.90 Å². The lowest BCUT2D eigenvalue weighted by molar-refractivity contribution is -0.135. The molecule has 2 atom stereocenters. The first-order valence-electron chi connectivity index (χ1n) is 5.13. The number of fused-ring (bicyclic) bond motifs is 1. The molecule has 0 aromatic carbocycles. The van der Waals surface area contributed by atoms with Crippen molar-refractivity contribution in [3.63, 3.8) is 0 Å². The van der Waals surface area contributed by atoms with Crippen LogP contribution in [0.4, 0.5) is 0 Å². The Morgan fingerprint density at radius 3 is 2.86 bits per heavy atom. The highest BCUT2D eigenvalue weighted by atomic mass is 16.5. The Balaban J connectivity index is 2.33. The summed E-state index contributed by atoms with van der Waals surface area (Å²) >= 11 is 0. The van der Waals surface area contributed by atoms with E-state index >= 15 is 0 Å². The highest BCUT2D eigenvalue weighted by Crippen LogP contribution is 2.38. The van der Waals surface area contributed by atoms with Gasteiger partial charge >= 0.3 is 0 Å². The Morgan fingerprint density at radius 2 is 2.29 bits per heavy atom. The van der Waals surface area contributed by atoms with Crippen molar-refractivity contribution in [2.24, 2.45) is 5.92 Å². The van der Waals surface area contributed by atoms with Gasteiger partial charge in [-0.3, -0.25) is 4.79 Å². The van der Waals surface area contributed by atoms with E-state index in [4.69, 9.17) is 4.74 Å². The van der Waals surface area contributed by atoms with E-state index in [9.17, 15) is 4.79 Å². The Hall–Kier alpha value is -0.830. The van der Waals surface area contributed by atoms with Crippen LogP contribution >= 0.6 is 0 Å². The van der Waals surface area contributed by atoms with Crippen LogP contribution in [0.5, 0.6) is 0 Å². The molecule has 14 heavy (non-hydrogen) atoms. The molecule has 78 valence electrons. The number of rotatable bonds is 1. The zero-order valence-corrected chi connectivity index (χ0v) is 9.20. The molecule has 0 aromatic rings. The molecular formula is C11H17NO2. The van der Waals surface area contributed by atoms with Gasteiger partial charge < -0.3 is 9.64 Å². The molecule has 0 bridgehead atoms. The zero-order chi connectivity index (χ0) is 10.5. The fourth-order valence-corrected chi connectivity index (χ4v) is 2.33. The van der Waals surface area contributed by atoms with Crippen LogP contribution in [-0.2, 0) is 9.53 Å². The monoisotopic (exact) mass is 195 g/mol. The highest BCUT2D eigenvalue weighted by molar-refractivity contribution is 5.96. The van der Waals surface area contributed by atoms with Crippen LogP contribution in [0.15, 0.2) is 11.6 Å². The van der Waals surface area contributed by atoms with Gasteiger partial charge in [-0.2, -0.15) is 0 Å². The molecule has 0 aliphatic carbocycles. The summed E-state index contributed by atoms with van der Waals surface area (Å²) in [5.74, 6) is 0.573. The molecule has 2 aliphatic rings. The van der Waals surface area contributed by atoms with Crippen LogP contribution in [0.25, 0.3) is 0 Å². The van der Waals surface area contributed by atoms with Crippen LogP contribution in [0.1, 0.15) is 27.7 Å². The largest absolute Gasteiger partial charge is 0.350 e. The smallest absolute Gasteiger partial charge is 0.252 e. The van der Waals surface area contributed by atoms with E-state index in [-0.39, 0.29) is 11.9 Å². The molecule has 2 rings (SSSR count). The Bertz CT molecular complexity index is 308. The molecule has 1 fully saturated rings. The Kier molecular flexibility index (Phi) is 1.96. The number of carbonyl (C=O) groups is 1. The molecule has 0 spiro atoms. The van der Waals surface area contributed by atoms with Crippen LogP contribution in [0.2, 0.25) is 0 Å². The Labute approximate surface area is 84.7 Å². The minimum Gasteiger partial charge on any atom is -0.350 e. The van der Waals surface area contributed by atoms with E-state index in [2.05, 4.69) is 13.8 Å². The van der Waals surface area contributed by atoms with Crippen LogP contribution < -0.4 is 0 Å². The van der Waals surface area contributed by atoms with Gasteiger partial charge in [0.05, 0.1) is 12.6 Å². The average molecular weight is 195 g/mol. The fourth-order valence-electron chi connectivity index (χ4n) is 2.33. The van der Waals surface area contributed by atoms with Crippen molar-refractivity contribution in [3.8, 4) is 0 Å². The van der Waals surface area contributed by atoms with Crippen LogP contribution in [0, 0.1) is 5.92 Å². The number of carbonyl (C=O) groups excluding carboxylic acids is 1. The predicted molar refractivity (Wildman–Crippen MR) is 53.6 cm³/mol. The van der Waals surface area contributed by atoms with Crippen LogP contribution in [0.3, 0.4) is 0 Å². The second-order valence-corrected chi connectivity index (χ2v) is 4.68. The summed E-state index contributed by atoms with van der Waals surface area (Å²) in [6.07, 6.45) is 1.93. The van der Waals surface area contributed by atoms with Crippen molar-refractivity contribution >= 4 is 5.91 Å². The molecule has 3 heteroatoms. The van der Waals surface area contributed by atoms with Crippen molar-refractivity contribution in [2.45, 2.75) is 39.5 Å². The summed E-state index contributed by atoms with van der Waals surface area (Å²) in [5, 5.41) is 0. The number of nitrogens with zero attached hydrogens (tertiary/aromatic N) is 1. The molecule has 1 saturated heterocycles. The topological polar surface area (TPSA) is 29.5 Å². The second-order valence-electron chi connectivity index (χ2n) is 4.68. The van der Waals surface area contributed by atoms with E-state index in [0.717, 1.165) is 5.57 Å². The number of hydrogen-bond acceptors (Lipinski definition) is 2. The summed E-state index contributed by atoms with van der Waals surface area (Å²) < 4.78 is 5.71. The quantitative estimate of drug-likeness (QED) is 0.635. The molecule has 3 nitrogen and oxygen atoms in total. The summed E-state index contributed by atoms with van der Waals surface area (Å²) in [6.45, 7) is 8.72. The van der Waals surface area contributed by atoms with Gasteiger partial charge in [0.15, 0.2) is 5.72 Å². The third-order valence-corrected chi connectivity index (χ3v) is 3.17. The fraction of sp³-hybridized carbons (Fsp3) is 0.727. The van der Waals surface area contributed by atoms with E-state index in [1.165, 1.54) is 0 Å². The summed E-state index contributed by atoms with van der Waals surface area (Å²) in [4.78, 5) is 13.8. The summed E-state index contributed by atoms with van der Waals surface area (Å²) in [5.41, 5.74) is 0.327. The molecule has 0 N–H and O–H groups in total. The maximum absolute atomic E-state index is 11.9. The second kappa shape index (κ2) is 2.83. The summed E-state index contributed by atoms with van der Waals surface area (Å²) in [7, 11) is 0. The number of ether oxygens (including phenoxy) is 1. The summed E-state index contributed by atoms with van der Waals surface area (Å²) in [6, 6.07) is 0.223. The van der Waals surface area contributed by atoms with E-state index in [1.807, 2.05) is 24.8 Å². The Morgan fingerprint density at radius 1 is 1.64 bits per heavy atom. The van der Waals surface area contributed by atoms with Crippen LogP contribution in [-0.4, -0.2) is 29.2 Å². The molecule has 2 aliphatic heterocycles. The van der Waals surface area contributed by atoms with Gasteiger partial charge in [0.2, 0.25) is 0 Å². The van der Waals surface area contributed by atoms with Gasteiger partial charge in [0.1, 0.15) is 0 Å². The van der Waals surface area contributed by atoms with Gasteiger partial charge in [-0.25, -0.2) is 0 Å². The molecule has 2 unspecified atom stereocenters. The average Bonchev–Trinajstić information content (AvgIpc) is 2.50. The van der Waals surface area contributed by atoms with Crippen molar-refractivity contribution < 1.29 is 9.53 Å². The number of hydrogen-bond donors (Lipinski definition) is 0. The third kappa shape index (κ3) is 1.12. The lowest BCUT2D eigenvalue weighted by atomic mass is 10.0. The molecule has 1 amide bonds. The van der Waals surface area contributed by atoms with Crippen molar-refractivity contribution in [3.05, 3.63) is 11.6 Å². The third-order valence-electron chi connectivity index (χ3n) is 3.17. The predicted octanol–water partition coefficient (Wildman–Crippen LogP) is 1.55. The SMILES string of the molecule is CC1=CC2(C)OCC(C(C)C)N2C1=O. The molecule has 0 aromatic heterocycles. The highest BCUT2D eigenvalue weighted by Gasteiger charge is 2.50. The van der Waals surface area contributed by atoms with E-state index < -0.39 is 5.72 Å². The molecule has 0 radical (unpaired) electrons. The van der Waals surface area contributed by atoms with E-state index in [0.29, 0.717) is 12.5 Å². The maximum Gasteiger partial charge on any atom is 0.252 e. The lowest BCUT2D eigenvalue weighted by Crippen LogP contribution is -2.46. The minimum absolute atomic E-state index is 0.128. The standard InChI is InChI=1S/C11H17NO2/c1-7(2)9-6-14-11(4)5-8(3)10(13)12(9)11/h5,7,9H,6H2,1-4H3. The van der Waals surface area contributed by atoms with Crippen molar-refractivity contribution in [2.75, 3.05) is 6.61 Å². The van der Waals surface area contributed by atoms with Gasteiger partial charge in [0.25, 0.3) is 5.91 Å². The molecule has 0 saturated carbocycles. The molecule has 2 heterocycles. The lowest BCUT2D eigenvalue weighted by Gasteiger charge is -2.31. The van der Waals surface area contributed by atoms with Gasteiger partial charge in [-0.1, -0.05) is 13.8 Å². The molecular weight excluding hydrogens is 178 g/mol.